The quantitative estimate of drug-likeness (QED) is 0.724. The number of benzene rings is 1. The number of nitrogens with zero attached hydrogens (tertiary/aromatic N) is 1. The number of β-amino-alcohol motifs (C(OH)–C–C–N with tert-alkyl or cyclic N) is 1. The number of carbonyl (C=O) groups excluding carboxylic acids is 2. The number of thioether (sulfide) groups is 1. The minimum Gasteiger partial charge on any atom is -0.500 e. The number of fused-ring (bicyclic) bond motifs is 2. The van der Waals surface area contributed by atoms with Crippen LogP contribution in [-0.4, -0.2) is 59.4 Å². The third kappa shape index (κ3) is 3.82. The number of hydrogen-bond acceptors (Lipinski definition) is 7. The highest BCUT2D eigenvalue weighted by Crippen LogP contribution is 2.34. The average Bonchev–Trinajstić information content (AvgIpc) is 3.37. The molecule has 1 fully saturated rings. The van der Waals surface area contributed by atoms with Crippen molar-refractivity contribution >= 4 is 23.5 Å². The molecule has 7 heteroatoms. The highest BCUT2D eigenvalue weighted by molar-refractivity contribution is 8.00. The van der Waals surface area contributed by atoms with Gasteiger partial charge in [-0.1, -0.05) is 12.2 Å². The molecule has 4 aliphatic rings. The van der Waals surface area contributed by atoms with Gasteiger partial charge in [0.15, 0.2) is 5.78 Å². The van der Waals surface area contributed by atoms with E-state index in [4.69, 9.17) is 9.47 Å². The van der Waals surface area contributed by atoms with Gasteiger partial charge in [-0.15, -0.1) is 11.8 Å². The molecule has 1 saturated heterocycles. The highest BCUT2D eigenvalue weighted by atomic mass is 32.2. The van der Waals surface area contributed by atoms with Crippen molar-refractivity contribution in [3.05, 3.63) is 53.3 Å². The van der Waals surface area contributed by atoms with Crippen LogP contribution < -0.4 is 0 Å². The van der Waals surface area contributed by atoms with E-state index in [-0.39, 0.29) is 17.7 Å². The zero-order chi connectivity index (χ0) is 20.7. The summed E-state index contributed by atoms with van der Waals surface area (Å²) >= 11 is 1.85. The van der Waals surface area contributed by atoms with Gasteiger partial charge in [0, 0.05) is 27.8 Å². The summed E-state index contributed by atoms with van der Waals surface area (Å²) in [6.07, 6.45) is 6.77. The molecule has 158 valence electrons. The van der Waals surface area contributed by atoms with Crippen molar-refractivity contribution in [3.63, 3.8) is 0 Å². The largest absolute Gasteiger partial charge is 0.500 e. The lowest BCUT2D eigenvalue weighted by Gasteiger charge is -2.35. The number of ether oxygens (including phenoxy) is 2. The van der Waals surface area contributed by atoms with Gasteiger partial charge >= 0.3 is 5.97 Å². The molecule has 6 nitrogen and oxygen atoms in total. The van der Waals surface area contributed by atoms with E-state index in [9.17, 15) is 14.7 Å². The van der Waals surface area contributed by atoms with Crippen molar-refractivity contribution in [3.8, 4) is 0 Å². The lowest BCUT2D eigenvalue weighted by molar-refractivity contribution is -0.128. The number of Topliss-reactive ketones (excluding diaryl/α,β-unsaturated/α-hetero) is 1. The van der Waals surface area contributed by atoms with E-state index in [0.29, 0.717) is 30.6 Å². The van der Waals surface area contributed by atoms with Crippen molar-refractivity contribution in [1.82, 2.24) is 4.90 Å². The Hall–Kier alpha value is -2.09. The number of allylic oxidation sites excluding steroid dienone is 1. The van der Waals surface area contributed by atoms with Crippen LogP contribution in [0.2, 0.25) is 0 Å². The minimum absolute atomic E-state index is 0.0678. The second kappa shape index (κ2) is 8.21. The first-order valence-corrected chi connectivity index (χ1v) is 11.4. The number of aliphatic hydroxyl groups is 1. The molecule has 3 unspecified atom stereocenters. The van der Waals surface area contributed by atoms with Gasteiger partial charge in [0.1, 0.15) is 13.2 Å². The number of likely N-dealkylation sites (tertiary alicyclic amines) is 1. The van der Waals surface area contributed by atoms with Gasteiger partial charge in [-0.3, -0.25) is 4.79 Å². The summed E-state index contributed by atoms with van der Waals surface area (Å²) in [5.74, 6) is -0.826. The average molecular weight is 428 g/mol. The molecule has 3 atom stereocenters. The lowest BCUT2D eigenvalue weighted by Crippen LogP contribution is -2.45. The molecule has 1 aromatic rings. The summed E-state index contributed by atoms with van der Waals surface area (Å²) in [6.45, 7) is 3.10. The van der Waals surface area contributed by atoms with Crippen LogP contribution in [0.1, 0.15) is 28.8 Å². The molecule has 30 heavy (non-hydrogen) atoms. The van der Waals surface area contributed by atoms with Gasteiger partial charge in [-0.25, -0.2) is 4.79 Å². The molecule has 5 rings (SSSR count). The normalized spacial score (nSPS) is 27.3. The van der Waals surface area contributed by atoms with E-state index in [1.165, 1.54) is 4.90 Å². The molecule has 1 aliphatic carbocycles. The highest BCUT2D eigenvalue weighted by Gasteiger charge is 2.38. The lowest BCUT2D eigenvalue weighted by atomic mass is 9.80. The zero-order valence-electron chi connectivity index (χ0n) is 16.7. The van der Waals surface area contributed by atoms with Crippen LogP contribution in [0.25, 0.3) is 0 Å². The molecular weight excluding hydrogens is 402 g/mol. The third-order valence-electron chi connectivity index (χ3n) is 6.41. The molecule has 0 saturated carbocycles. The number of hydrogen-bond donors (Lipinski definition) is 1. The van der Waals surface area contributed by atoms with Crippen LogP contribution in [0, 0.1) is 11.8 Å². The number of carbonyl (C=O) groups is 2. The van der Waals surface area contributed by atoms with Crippen LogP contribution >= 0.6 is 11.8 Å². The maximum absolute atomic E-state index is 12.7. The Kier molecular flexibility index (Phi) is 5.43. The maximum Gasteiger partial charge on any atom is 0.338 e. The molecule has 1 N–H and O–H groups in total. The SMILES string of the molecule is O=C1OCc2cc(SC3CCN(CC(O)C4C=CC5=COCC5C4=O)CC3)ccc21. The first-order chi connectivity index (χ1) is 14.6. The minimum atomic E-state index is -0.686. The Bertz CT molecular complexity index is 918. The van der Waals surface area contributed by atoms with Gasteiger partial charge in [-0.05, 0) is 44.1 Å². The van der Waals surface area contributed by atoms with Crippen LogP contribution in [0.5, 0.6) is 0 Å². The molecule has 3 heterocycles. The van der Waals surface area contributed by atoms with E-state index < -0.39 is 12.0 Å². The predicted octanol–water partition coefficient (Wildman–Crippen LogP) is 2.56. The van der Waals surface area contributed by atoms with E-state index in [0.717, 1.165) is 37.1 Å². The van der Waals surface area contributed by atoms with Gasteiger partial charge in [0.25, 0.3) is 0 Å². The molecule has 0 spiro atoms. The first kappa shape index (κ1) is 19.8. The second-order valence-electron chi connectivity index (χ2n) is 8.37. The van der Waals surface area contributed by atoms with Gasteiger partial charge in [0.2, 0.25) is 0 Å². The fourth-order valence-corrected chi connectivity index (χ4v) is 5.83. The zero-order valence-corrected chi connectivity index (χ0v) is 17.5. The molecule has 0 aromatic heterocycles. The van der Waals surface area contributed by atoms with Gasteiger partial charge < -0.3 is 19.5 Å². The Morgan fingerprint density at radius 3 is 2.90 bits per heavy atom. The molecule has 0 amide bonds. The van der Waals surface area contributed by atoms with Gasteiger partial charge in [-0.2, -0.15) is 0 Å². The number of ketones is 1. The summed E-state index contributed by atoms with van der Waals surface area (Å²) in [5.41, 5.74) is 2.58. The van der Waals surface area contributed by atoms with E-state index in [1.54, 1.807) is 6.26 Å². The number of aliphatic hydroxyl groups excluding tert-OH is 1. The molecule has 1 aromatic carbocycles. The van der Waals surface area contributed by atoms with Crippen molar-refractivity contribution < 1.29 is 24.2 Å². The molecular formula is C23H25NO5S. The Labute approximate surface area is 179 Å². The summed E-state index contributed by atoms with van der Waals surface area (Å²) in [6, 6.07) is 5.93. The monoisotopic (exact) mass is 427 g/mol. The standard InChI is InChI=1S/C23H25NO5S/c25-21(19-3-1-14-11-28-13-20(14)22(19)26)10-24-7-5-16(6-8-24)30-17-2-4-18-15(9-17)12-29-23(18)27/h1-4,9,11,16,19-21,25H,5-8,10,12-13H2. The second-order valence-corrected chi connectivity index (χ2v) is 9.75. The Morgan fingerprint density at radius 2 is 2.07 bits per heavy atom. The smallest absolute Gasteiger partial charge is 0.338 e. The number of cyclic esters (lactones) is 1. The van der Waals surface area contributed by atoms with Crippen molar-refractivity contribution in [2.75, 3.05) is 26.2 Å². The van der Waals surface area contributed by atoms with Crippen LogP contribution in [0.3, 0.4) is 0 Å². The maximum atomic E-state index is 12.7. The molecule has 0 bridgehead atoms. The predicted molar refractivity (Wildman–Crippen MR) is 112 cm³/mol. The van der Waals surface area contributed by atoms with Crippen LogP contribution in [0.4, 0.5) is 0 Å². The topological polar surface area (TPSA) is 76.1 Å². The fourth-order valence-electron chi connectivity index (χ4n) is 4.64. The van der Waals surface area contributed by atoms with Crippen molar-refractivity contribution in [2.45, 2.75) is 35.7 Å². The summed E-state index contributed by atoms with van der Waals surface area (Å²) in [4.78, 5) is 27.7. The van der Waals surface area contributed by atoms with E-state index in [2.05, 4.69) is 11.0 Å². The number of rotatable bonds is 5. The number of esters is 1. The summed E-state index contributed by atoms with van der Waals surface area (Å²) in [5, 5.41) is 11.2. The molecule has 0 radical (unpaired) electrons. The van der Waals surface area contributed by atoms with Crippen molar-refractivity contribution in [1.29, 1.82) is 0 Å². The Morgan fingerprint density at radius 1 is 1.23 bits per heavy atom. The molecule has 3 aliphatic heterocycles. The first-order valence-electron chi connectivity index (χ1n) is 10.5. The third-order valence-corrected chi connectivity index (χ3v) is 7.74. The Balaban J connectivity index is 1.12. The van der Waals surface area contributed by atoms with Gasteiger partial charge in [0.05, 0.1) is 29.8 Å². The van der Waals surface area contributed by atoms with E-state index in [1.807, 2.05) is 36.0 Å². The van der Waals surface area contributed by atoms with E-state index >= 15 is 0 Å². The fraction of sp³-hybridized carbons (Fsp3) is 0.478. The number of piperidine rings is 1. The summed E-state index contributed by atoms with van der Waals surface area (Å²) in [7, 11) is 0. The van der Waals surface area contributed by atoms with Crippen molar-refractivity contribution in [2.24, 2.45) is 11.8 Å². The summed E-state index contributed by atoms with van der Waals surface area (Å²) < 4.78 is 10.4. The van der Waals surface area contributed by atoms with Crippen LogP contribution in [-0.2, 0) is 20.9 Å². The van der Waals surface area contributed by atoms with Crippen LogP contribution in [0.15, 0.2) is 47.1 Å².